The Morgan fingerprint density at radius 2 is 1.65 bits per heavy atom. The van der Waals surface area contributed by atoms with Gasteiger partial charge in [-0.3, -0.25) is 0 Å². The van der Waals surface area contributed by atoms with Crippen LogP contribution in [0, 0.1) is 12.7 Å². The summed E-state index contributed by atoms with van der Waals surface area (Å²) in [5.41, 5.74) is 5.44. The van der Waals surface area contributed by atoms with E-state index in [1.807, 2.05) is 0 Å². The van der Waals surface area contributed by atoms with Crippen molar-refractivity contribution in [3.8, 4) is 0 Å². The van der Waals surface area contributed by atoms with Crippen LogP contribution >= 0.6 is 0 Å². The first-order valence-electron chi connectivity index (χ1n) is 14.8. The van der Waals surface area contributed by atoms with Gasteiger partial charge in [0.1, 0.15) is 5.82 Å². The van der Waals surface area contributed by atoms with Crippen molar-refractivity contribution in [2.24, 2.45) is 0 Å². The molecule has 1 atom stereocenters. The third-order valence-corrected chi connectivity index (χ3v) is 9.87. The Bertz CT molecular complexity index is 1500. The highest BCUT2D eigenvalue weighted by Crippen LogP contribution is 2.39. The second-order valence-electron chi connectivity index (χ2n) is 11.3. The minimum absolute atomic E-state index is 0.0993. The largest absolute Gasteiger partial charge is 0.344 e. The number of hydrogen-bond acceptors (Lipinski definition) is 2. The predicted octanol–water partition coefficient (Wildman–Crippen LogP) is 8.65. The lowest BCUT2D eigenvalue weighted by atomic mass is 9.86. The number of fused-ring (bicyclic) bond motifs is 1. The molecule has 4 aromatic rings. The lowest BCUT2D eigenvalue weighted by Crippen LogP contribution is -2.24. The number of aryl methyl sites for hydroxylation is 1. The first-order chi connectivity index (χ1) is 19.4. The molecule has 0 radical (unpaired) electrons. The van der Waals surface area contributed by atoms with Crippen LogP contribution < -0.4 is 4.72 Å². The zero-order valence-electron chi connectivity index (χ0n) is 23.5. The SMILES string of the molecule is Cc1cccc(C(CCCCCCNS(=O)(=O)c2ccc(F)cc2)c2cn(C3CCCCC3)c3ccccc23)c1. The van der Waals surface area contributed by atoms with Crippen LogP contribution in [0.3, 0.4) is 0 Å². The van der Waals surface area contributed by atoms with Gasteiger partial charge in [0, 0.05) is 35.6 Å². The summed E-state index contributed by atoms with van der Waals surface area (Å²) >= 11 is 0. The summed E-state index contributed by atoms with van der Waals surface area (Å²) in [5, 5.41) is 1.37. The molecule has 6 heteroatoms. The normalized spacial score (nSPS) is 15.4. The van der Waals surface area contributed by atoms with Gasteiger partial charge in [0.15, 0.2) is 0 Å². The van der Waals surface area contributed by atoms with E-state index in [4.69, 9.17) is 0 Å². The fraction of sp³-hybridized carbons (Fsp3) is 0.412. The van der Waals surface area contributed by atoms with Crippen LogP contribution in [0.4, 0.5) is 4.39 Å². The third-order valence-electron chi connectivity index (χ3n) is 8.39. The van der Waals surface area contributed by atoms with E-state index in [1.54, 1.807) is 0 Å². The fourth-order valence-corrected chi connectivity index (χ4v) is 7.36. The molecule has 1 N–H and O–H groups in total. The average Bonchev–Trinajstić information content (AvgIpc) is 3.34. The number of halogens is 1. The van der Waals surface area contributed by atoms with Gasteiger partial charge in [0.2, 0.25) is 10.0 Å². The number of nitrogens with zero attached hydrogens (tertiary/aromatic N) is 1. The topological polar surface area (TPSA) is 51.1 Å². The molecule has 212 valence electrons. The smallest absolute Gasteiger partial charge is 0.240 e. The number of hydrogen-bond donors (Lipinski definition) is 1. The summed E-state index contributed by atoms with van der Waals surface area (Å²) in [7, 11) is -3.61. The summed E-state index contributed by atoms with van der Waals surface area (Å²) in [4.78, 5) is 0.0993. The first kappa shape index (κ1) is 28.6. The first-order valence-corrected chi connectivity index (χ1v) is 16.3. The maximum absolute atomic E-state index is 13.1. The van der Waals surface area contributed by atoms with Crippen molar-refractivity contribution in [3.05, 3.63) is 102 Å². The zero-order chi connectivity index (χ0) is 28.0. The molecule has 0 saturated heterocycles. The average molecular weight is 561 g/mol. The van der Waals surface area contributed by atoms with E-state index in [0.717, 1.165) is 32.1 Å². The van der Waals surface area contributed by atoms with Crippen molar-refractivity contribution in [1.82, 2.24) is 9.29 Å². The van der Waals surface area contributed by atoms with E-state index in [-0.39, 0.29) is 4.90 Å². The van der Waals surface area contributed by atoms with Gasteiger partial charge in [-0.1, -0.05) is 86.6 Å². The third kappa shape index (κ3) is 6.84. The van der Waals surface area contributed by atoms with Gasteiger partial charge < -0.3 is 4.57 Å². The van der Waals surface area contributed by atoms with Crippen molar-refractivity contribution in [2.75, 3.05) is 6.54 Å². The minimum atomic E-state index is -3.61. The Kier molecular flexibility index (Phi) is 9.38. The van der Waals surface area contributed by atoms with Gasteiger partial charge in [-0.25, -0.2) is 17.5 Å². The van der Waals surface area contributed by atoms with Gasteiger partial charge in [-0.05, 0) is 74.1 Å². The number of benzene rings is 3. The lowest BCUT2D eigenvalue weighted by Gasteiger charge is -2.24. The number of unbranched alkanes of at least 4 members (excludes halogenated alkanes) is 3. The summed E-state index contributed by atoms with van der Waals surface area (Å²) in [6.45, 7) is 2.55. The molecule has 0 amide bonds. The Morgan fingerprint density at radius 3 is 2.42 bits per heavy atom. The minimum Gasteiger partial charge on any atom is -0.344 e. The van der Waals surface area contributed by atoms with Crippen molar-refractivity contribution < 1.29 is 12.8 Å². The number of para-hydroxylation sites is 1. The Hall–Kier alpha value is -2.96. The van der Waals surface area contributed by atoms with Crippen LogP contribution in [0.5, 0.6) is 0 Å². The van der Waals surface area contributed by atoms with E-state index in [0.29, 0.717) is 18.5 Å². The van der Waals surface area contributed by atoms with Crippen LogP contribution in [0.2, 0.25) is 0 Å². The van der Waals surface area contributed by atoms with E-state index < -0.39 is 15.8 Å². The van der Waals surface area contributed by atoms with Crippen molar-refractivity contribution in [1.29, 1.82) is 0 Å². The van der Waals surface area contributed by atoms with Gasteiger partial charge in [-0.15, -0.1) is 0 Å². The number of aromatic nitrogens is 1. The number of nitrogens with one attached hydrogen (secondary N) is 1. The molecule has 1 fully saturated rings. The predicted molar refractivity (Wildman–Crippen MR) is 162 cm³/mol. The number of rotatable bonds is 12. The van der Waals surface area contributed by atoms with Crippen LogP contribution in [0.25, 0.3) is 10.9 Å². The maximum Gasteiger partial charge on any atom is 0.240 e. The van der Waals surface area contributed by atoms with E-state index >= 15 is 0 Å². The molecule has 1 unspecified atom stereocenters. The van der Waals surface area contributed by atoms with Crippen LogP contribution in [-0.4, -0.2) is 19.5 Å². The van der Waals surface area contributed by atoms with Gasteiger partial charge in [0.05, 0.1) is 4.90 Å². The van der Waals surface area contributed by atoms with Crippen molar-refractivity contribution >= 4 is 20.9 Å². The van der Waals surface area contributed by atoms with E-state index in [9.17, 15) is 12.8 Å². The molecule has 4 nitrogen and oxygen atoms in total. The molecule has 1 aliphatic rings. The summed E-state index contributed by atoms with van der Waals surface area (Å²) in [6, 6.07) is 23.4. The molecule has 0 spiro atoms. The summed E-state index contributed by atoms with van der Waals surface area (Å²) in [5.74, 6) is -0.118. The van der Waals surface area contributed by atoms with Crippen molar-refractivity contribution in [2.45, 2.75) is 88.0 Å². The quantitative estimate of drug-likeness (QED) is 0.176. The Morgan fingerprint density at radius 1 is 0.900 bits per heavy atom. The van der Waals surface area contributed by atoms with Crippen LogP contribution in [0.1, 0.15) is 92.9 Å². The van der Waals surface area contributed by atoms with Crippen molar-refractivity contribution in [3.63, 3.8) is 0 Å². The molecule has 40 heavy (non-hydrogen) atoms. The lowest BCUT2D eigenvalue weighted by molar-refractivity contribution is 0.360. The van der Waals surface area contributed by atoms with Gasteiger partial charge in [0.25, 0.3) is 0 Å². The molecule has 3 aromatic carbocycles. The summed E-state index contributed by atoms with van der Waals surface area (Å²) < 4.78 is 43.3. The van der Waals surface area contributed by atoms with Crippen LogP contribution in [0.15, 0.2) is 83.9 Å². The molecule has 1 heterocycles. The molecule has 0 bridgehead atoms. The van der Waals surface area contributed by atoms with E-state index in [1.165, 1.54) is 84.0 Å². The molecule has 1 saturated carbocycles. The fourth-order valence-electron chi connectivity index (χ4n) is 6.29. The second-order valence-corrected chi connectivity index (χ2v) is 13.1. The van der Waals surface area contributed by atoms with Gasteiger partial charge >= 0.3 is 0 Å². The summed E-state index contributed by atoms with van der Waals surface area (Å²) in [6.07, 6.45) is 13.9. The molecule has 1 aliphatic carbocycles. The molecule has 5 rings (SSSR count). The monoisotopic (exact) mass is 560 g/mol. The molecule has 0 aliphatic heterocycles. The molecular formula is C34H41FN2O2S. The number of sulfonamides is 1. The highest BCUT2D eigenvalue weighted by atomic mass is 32.2. The van der Waals surface area contributed by atoms with Crippen LogP contribution in [-0.2, 0) is 10.0 Å². The maximum atomic E-state index is 13.1. The highest BCUT2D eigenvalue weighted by Gasteiger charge is 2.23. The zero-order valence-corrected chi connectivity index (χ0v) is 24.3. The van der Waals surface area contributed by atoms with E-state index in [2.05, 4.69) is 70.9 Å². The Labute approximate surface area is 238 Å². The molecular weight excluding hydrogens is 519 g/mol. The second kappa shape index (κ2) is 13.1. The highest BCUT2D eigenvalue weighted by molar-refractivity contribution is 7.89. The Balaban J connectivity index is 1.25. The molecule has 1 aromatic heterocycles. The van der Waals surface area contributed by atoms with Gasteiger partial charge in [-0.2, -0.15) is 0 Å². The standard InChI is InChI=1S/C34H41FN2O2S/c1-26-12-11-13-27(24-26)31(16-7-2-3-10-23-36-40(38,39)30-21-19-28(35)20-22-30)33-25-37(29-14-5-4-6-15-29)34-18-9-8-17-32(33)34/h8-9,11-13,17-22,24-25,29,31,36H,2-7,10,14-16,23H2,1H3.